The summed E-state index contributed by atoms with van der Waals surface area (Å²) < 4.78 is 5.79. The van der Waals surface area contributed by atoms with Crippen LogP contribution in [0.4, 0.5) is 0 Å². The van der Waals surface area contributed by atoms with Crippen molar-refractivity contribution in [3.63, 3.8) is 0 Å². The SMILES string of the molecule is CC(C)OC1(C)CCCC(O)C1. The Bertz CT molecular complexity index is 141. The molecule has 2 nitrogen and oxygen atoms in total. The van der Waals surface area contributed by atoms with Gasteiger partial charge >= 0.3 is 0 Å². The summed E-state index contributed by atoms with van der Waals surface area (Å²) >= 11 is 0. The van der Waals surface area contributed by atoms with Crippen LogP contribution >= 0.6 is 0 Å². The number of aliphatic hydroxyl groups excluding tert-OH is 1. The smallest absolute Gasteiger partial charge is 0.0682 e. The van der Waals surface area contributed by atoms with E-state index in [0.29, 0.717) is 0 Å². The second kappa shape index (κ2) is 3.75. The van der Waals surface area contributed by atoms with Gasteiger partial charge in [0, 0.05) is 6.42 Å². The van der Waals surface area contributed by atoms with Crippen LogP contribution in [-0.4, -0.2) is 22.9 Å². The fourth-order valence-corrected chi connectivity index (χ4v) is 2.09. The van der Waals surface area contributed by atoms with Gasteiger partial charge in [0.25, 0.3) is 0 Å². The Balaban J connectivity index is 2.45. The Morgan fingerprint density at radius 3 is 2.67 bits per heavy atom. The van der Waals surface area contributed by atoms with E-state index in [4.69, 9.17) is 4.74 Å². The molecule has 12 heavy (non-hydrogen) atoms. The van der Waals surface area contributed by atoms with Crippen molar-refractivity contribution in [1.29, 1.82) is 0 Å². The highest BCUT2D eigenvalue weighted by Gasteiger charge is 2.32. The van der Waals surface area contributed by atoms with E-state index in [1.807, 2.05) is 13.8 Å². The number of rotatable bonds is 2. The summed E-state index contributed by atoms with van der Waals surface area (Å²) in [6.07, 6.45) is 4.03. The zero-order valence-corrected chi connectivity index (χ0v) is 8.34. The van der Waals surface area contributed by atoms with E-state index in [1.54, 1.807) is 0 Å². The van der Waals surface area contributed by atoms with Crippen molar-refractivity contribution in [2.75, 3.05) is 0 Å². The molecule has 0 aliphatic heterocycles. The van der Waals surface area contributed by atoms with Crippen LogP contribution in [0.3, 0.4) is 0 Å². The Kier molecular flexibility index (Phi) is 3.13. The van der Waals surface area contributed by atoms with E-state index in [0.717, 1.165) is 25.7 Å². The van der Waals surface area contributed by atoms with Crippen LogP contribution in [-0.2, 0) is 4.74 Å². The molecule has 0 aromatic carbocycles. The molecule has 0 saturated heterocycles. The third-order valence-electron chi connectivity index (χ3n) is 2.43. The molecule has 2 heteroatoms. The van der Waals surface area contributed by atoms with Crippen LogP contribution in [0.2, 0.25) is 0 Å². The summed E-state index contributed by atoms with van der Waals surface area (Å²) in [7, 11) is 0. The molecule has 1 aliphatic rings. The van der Waals surface area contributed by atoms with Gasteiger partial charge in [-0.25, -0.2) is 0 Å². The second-order valence-corrected chi connectivity index (χ2v) is 4.37. The Hall–Kier alpha value is -0.0800. The van der Waals surface area contributed by atoms with E-state index >= 15 is 0 Å². The third-order valence-corrected chi connectivity index (χ3v) is 2.43. The quantitative estimate of drug-likeness (QED) is 0.691. The summed E-state index contributed by atoms with van der Waals surface area (Å²) in [4.78, 5) is 0. The number of hydrogen-bond donors (Lipinski definition) is 1. The molecular weight excluding hydrogens is 152 g/mol. The molecule has 0 radical (unpaired) electrons. The van der Waals surface area contributed by atoms with Crippen molar-refractivity contribution >= 4 is 0 Å². The zero-order valence-electron chi connectivity index (χ0n) is 8.34. The topological polar surface area (TPSA) is 29.5 Å². The lowest BCUT2D eigenvalue weighted by Gasteiger charge is -2.37. The normalized spacial score (nSPS) is 37.2. The van der Waals surface area contributed by atoms with Gasteiger partial charge in [0.05, 0.1) is 17.8 Å². The van der Waals surface area contributed by atoms with E-state index in [1.165, 1.54) is 0 Å². The maximum Gasteiger partial charge on any atom is 0.0682 e. The first-order valence-corrected chi connectivity index (χ1v) is 4.88. The first kappa shape index (κ1) is 10.0. The van der Waals surface area contributed by atoms with E-state index < -0.39 is 0 Å². The van der Waals surface area contributed by atoms with Gasteiger partial charge in [0.1, 0.15) is 0 Å². The van der Waals surface area contributed by atoms with Crippen molar-refractivity contribution in [3.8, 4) is 0 Å². The number of hydrogen-bond acceptors (Lipinski definition) is 2. The van der Waals surface area contributed by atoms with Crippen LogP contribution in [0.15, 0.2) is 0 Å². The molecule has 1 rings (SSSR count). The maximum atomic E-state index is 9.48. The molecule has 2 unspecified atom stereocenters. The van der Waals surface area contributed by atoms with Gasteiger partial charge in [0.15, 0.2) is 0 Å². The van der Waals surface area contributed by atoms with Gasteiger partial charge in [0.2, 0.25) is 0 Å². The highest BCUT2D eigenvalue weighted by molar-refractivity contribution is 4.84. The van der Waals surface area contributed by atoms with Gasteiger partial charge in [-0.2, -0.15) is 0 Å². The lowest BCUT2D eigenvalue weighted by Crippen LogP contribution is -2.39. The van der Waals surface area contributed by atoms with Gasteiger partial charge in [-0.1, -0.05) is 0 Å². The van der Waals surface area contributed by atoms with Crippen molar-refractivity contribution < 1.29 is 9.84 Å². The molecule has 0 bridgehead atoms. The van der Waals surface area contributed by atoms with Crippen molar-refractivity contribution in [2.45, 2.75) is 64.3 Å². The first-order valence-electron chi connectivity index (χ1n) is 4.88. The Labute approximate surface area is 74.9 Å². The average molecular weight is 172 g/mol. The highest BCUT2D eigenvalue weighted by atomic mass is 16.5. The molecule has 2 atom stereocenters. The Morgan fingerprint density at radius 2 is 2.17 bits per heavy atom. The van der Waals surface area contributed by atoms with Crippen LogP contribution in [0.1, 0.15) is 46.5 Å². The van der Waals surface area contributed by atoms with Gasteiger partial charge in [-0.15, -0.1) is 0 Å². The fourth-order valence-electron chi connectivity index (χ4n) is 2.09. The lowest BCUT2D eigenvalue weighted by atomic mass is 9.84. The van der Waals surface area contributed by atoms with Gasteiger partial charge in [-0.05, 0) is 40.0 Å². The molecule has 1 fully saturated rings. The lowest BCUT2D eigenvalue weighted by molar-refractivity contribution is -0.112. The van der Waals surface area contributed by atoms with Crippen LogP contribution in [0.5, 0.6) is 0 Å². The minimum atomic E-state index is -0.150. The standard InChI is InChI=1S/C10H20O2/c1-8(2)12-10(3)6-4-5-9(11)7-10/h8-9,11H,4-7H2,1-3H3. The van der Waals surface area contributed by atoms with Gasteiger partial charge in [-0.3, -0.25) is 0 Å². The molecule has 0 heterocycles. The minimum Gasteiger partial charge on any atom is -0.393 e. The molecule has 72 valence electrons. The van der Waals surface area contributed by atoms with Crippen LogP contribution < -0.4 is 0 Å². The predicted molar refractivity (Wildman–Crippen MR) is 49.1 cm³/mol. The summed E-state index contributed by atoms with van der Waals surface area (Å²) in [5.41, 5.74) is -0.0775. The molecule has 0 amide bonds. The molecule has 1 saturated carbocycles. The summed E-state index contributed by atoms with van der Waals surface area (Å²) in [6, 6.07) is 0. The van der Waals surface area contributed by atoms with Crippen molar-refractivity contribution in [1.82, 2.24) is 0 Å². The van der Waals surface area contributed by atoms with Crippen LogP contribution in [0.25, 0.3) is 0 Å². The third kappa shape index (κ3) is 2.76. The Morgan fingerprint density at radius 1 is 1.50 bits per heavy atom. The van der Waals surface area contributed by atoms with E-state index in [-0.39, 0.29) is 17.8 Å². The molecular formula is C10H20O2. The summed E-state index contributed by atoms with van der Waals surface area (Å²) in [6.45, 7) is 6.20. The molecule has 0 aromatic rings. The molecule has 0 aromatic heterocycles. The average Bonchev–Trinajstić information content (AvgIpc) is 1.82. The van der Waals surface area contributed by atoms with E-state index in [2.05, 4.69) is 6.92 Å². The largest absolute Gasteiger partial charge is 0.393 e. The van der Waals surface area contributed by atoms with Gasteiger partial charge < -0.3 is 9.84 Å². The zero-order chi connectivity index (χ0) is 9.19. The fraction of sp³-hybridized carbons (Fsp3) is 1.00. The minimum absolute atomic E-state index is 0.0775. The maximum absolute atomic E-state index is 9.48. The van der Waals surface area contributed by atoms with Crippen LogP contribution in [0, 0.1) is 0 Å². The predicted octanol–water partition coefficient (Wildman–Crippen LogP) is 2.11. The highest BCUT2D eigenvalue weighted by Crippen LogP contribution is 2.32. The monoisotopic (exact) mass is 172 g/mol. The molecule has 1 aliphatic carbocycles. The summed E-state index contributed by atoms with van der Waals surface area (Å²) in [5.74, 6) is 0. The van der Waals surface area contributed by atoms with Crippen molar-refractivity contribution in [2.24, 2.45) is 0 Å². The number of aliphatic hydroxyl groups is 1. The van der Waals surface area contributed by atoms with E-state index in [9.17, 15) is 5.11 Å². The molecule has 0 spiro atoms. The van der Waals surface area contributed by atoms with Crippen molar-refractivity contribution in [3.05, 3.63) is 0 Å². The molecule has 1 N–H and O–H groups in total. The second-order valence-electron chi connectivity index (χ2n) is 4.37. The first-order chi connectivity index (χ1) is 5.52. The summed E-state index contributed by atoms with van der Waals surface area (Å²) in [5, 5.41) is 9.48. The number of ether oxygens (including phenoxy) is 1.